The van der Waals surface area contributed by atoms with Gasteiger partial charge in [-0.05, 0) is 42.5 Å². The van der Waals surface area contributed by atoms with Crippen molar-refractivity contribution in [2.75, 3.05) is 13.2 Å². The summed E-state index contributed by atoms with van der Waals surface area (Å²) < 4.78 is 32.7. The quantitative estimate of drug-likeness (QED) is 0.204. The van der Waals surface area contributed by atoms with Gasteiger partial charge in [0.25, 0.3) is 0 Å². The van der Waals surface area contributed by atoms with Gasteiger partial charge in [-0.3, -0.25) is 9.79 Å². The zero-order valence-electron chi connectivity index (χ0n) is 17.1. The van der Waals surface area contributed by atoms with Crippen LogP contribution in [0.15, 0.2) is 59.6 Å². The fourth-order valence-electron chi connectivity index (χ4n) is 2.80. The van der Waals surface area contributed by atoms with E-state index in [1.54, 1.807) is 54.6 Å². The molecular formula is C21H28N4O5S. The fourth-order valence-corrected chi connectivity index (χ4v) is 4.13. The number of unbranched alkanes of at least 4 members (excludes halogenated alkanes) is 1. The van der Waals surface area contributed by atoms with E-state index in [1.807, 2.05) is 0 Å². The number of hydrogen-bond donors (Lipinski definition) is 4. The Morgan fingerprint density at radius 1 is 1.03 bits per heavy atom. The maximum Gasteiger partial charge on any atom is 0.322 e. The second kappa shape index (κ2) is 11.9. The molecular weight excluding hydrogens is 420 g/mol. The largest absolute Gasteiger partial charge is 0.494 e. The number of nitrogens with one attached hydrogen (secondary N) is 1. The summed E-state index contributed by atoms with van der Waals surface area (Å²) in [6.07, 6.45) is 1.59. The second-order valence-corrected chi connectivity index (χ2v) is 8.72. The average Bonchev–Trinajstić information content (AvgIpc) is 2.71. The van der Waals surface area contributed by atoms with E-state index in [4.69, 9.17) is 16.2 Å². The van der Waals surface area contributed by atoms with Crippen LogP contribution in [0.1, 0.15) is 24.0 Å². The van der Waals surface area contributed by atoms with E-state index in [-0.39, 0.29) is 18.1 Å². The van der Waals surface area contributed by atoms with Gasteiger partial charge in [-0.25, -0.2) is 13.1 Å². The normalized spacial score (nSPS) is 12.1. The molecule has 2 aromatic rings. The number of guanidine groups is 1. The highest BCUT2D eigenvalue weighted by Crippen LogP contribution is 2.15. The number of aliphatic carboxylic acids is 1. The topological polar surface area (TPSA) is 157 Å². The Morgan fingerprint density at radius 3 is 2.32 bits per heavy atom. The molecule has 6 N–H and O–H groups in total. The standard InChI is InChI=1S/C21H28N4O5S/c22-21(23)24-12-4-5-13-30-18-10-8-16(9-11-18)14-19(20(26)27)25-31(28,29)15-17-6-2-1-3-7-17/h1-3,6-11,19,25H,4-5,12-15H2,(H,26,27)(H4,22,23,24)/t19-/m0/s1. The van der Waals surface area contributed by atoms with Gasteiger partial charge >= 0.3 is 5.97 Å². The first-order valence-electron chi connectivity index (χ1n) is 9.79. The maximum absolute atomic E-state index is 12.4. The van der Waals surface area contributed by atoms with E-state index in [1.165, 1.54) is 0 Å². The lowest BCUT2D eigenvalue weighted by Gasteiger charge is -2.15. The van der Waals surface area contributed by atoms with Crippen molar-refractivity contribution in [1.82, 2.24) is 4.72 Å². The summed E-state index contributed by atoms with van der Waals surface area (Å²) in [6, 6.07) is 14.2. The zero-order chi connectivity index (χ0) is 22.7. The highest BCUT2D eigenvalue weighted by Gasteiger charge is 2.24. The molecule has 2 aromatic carbocycles. The number of aliphatic imine (C=N–C) groups is 1. The SMILES string of the molecule is NC(N)=NCCCCOc1ccc(C[C@H](NS(=O)(=O)Cc2ccccc2)C(=O)O)cc1. The van der Waals surface area contributed by atoms with E-state index in [0.717, 1.165) is 12.8 Å². The van der Waals surface area contributed by atoms with Gasteiger partial charge in [-0.2, -0.15) is 0 Å². The van der Waals surface area contributed by atoms with E-state index in [2.05, 4.69) is 9.71 Å². The monoisotopic (exact) mass is 448 g/mol. The van der Waals surface area contributed by atoms with Gasteiger partial charge in [-0.15, -0.1) is 0 Å². The van der Waals surface area contributed by atoms with E-state index in [0.29, 0.717) is 30.0 Å². The van der Waals surface area contributed by atoms with Crippen molar-refractivity contribution < 1.29 is 23.1 Å². The van der Waals surface area contributed by atoms with Gasteiger partial charge in [0.1, 0.15) is 11.8 Å². The van der Waals surface area contributed by atoms with Crippen molar-refractivity contribution in [3.05, 3.63) is 65.7 Å². The van der Waals surface area contributed by atoms with Gasteiger partial charge in [0, 0.05) is 6.54 Å². The molecule has 0 saturated carbocycles. The molecule has 0 amide bonds. The van der Waals surface area contributed by atoms with Crippen LogP contribution in [-0.2, 0) is 27.0 Å². The van der Waals surface area contributed by atoms with Crippen molar-refractivity contribution in [1.29, 1.82) is 0 Å². The fraction of sp³-hybridized carbons (Fsp3) is 0.333. The van der Waals surface area contributed by atoms with Gasteiger partial charge in [0.15, 0.2) is 5.96 Å². The lowest BCUT2D eigenvalue weighted by Crippen LogP contribution is -2.42. The molecule has 168 valence electrons. The molecule has 0 aliphatic carbocycles. The van der Waals surface area contributed by atoms with Crippen LogP contribution in [0.4, 0.5) is 0 Å². The number of nitrogens with zero attached hydrogens (tertiary/aromatic N) is 1. The van der Waals surface area contributed by atoms with Crippen LogP contribution >= 0.6 is 0 Å². The van der Waals surface area contributed by atoms with Crippen LogP contribution in [0.5, 0.6) is 5.75 Å². The highest BCUT2D eigenvalue weighted by molar-refractivity contribution is 7.88. The Bertz CT molecular complexity index is 959. The predicted molar refractivity (Wildman–Crippen MR) is 119 cm³/mol. The molecule has 0 aromatic heterocycles. The summed E-state index contributed by atoms with van der Waals surface area (Å²) in [6.45, 7) is 1.04. The first-order valence-corrected chi connectivity index (χ1v) is 11.4. The third-order valence-electron chi connectivity index (χ3n) is 4.30. The van der Waals surface area contributed by atoms with Crippen molar-refractivity contribution in [2.45, 2.75) is 31.1 Å². The van der Waals surface area contributed by atoms with E-state index < -0.39 is 22.0 Å². The Hall–Kier alpha value is -3.11. The Balaban J connectivity index is 1.87. The molecule has 1 atom stereocenters. The maximum atomic E-state index is 12.4. The molecule has 0 radical (unpaired) electrons. The van der Waals surface area contributed by atoms with Gasteiger partial charge in [0.05, 0.1) is 12.4 Å². The van der Waals surface area contributed by atoms with Crippen molar-refractivity contribution in [2.24, 2.45) is 16.5 Å². The van der Waals surface area contributed by atoms with Gasteiger partial charge in [0.2, 0.25) is 10.0 Å². The number of carbonyl (C=O) groups is 1. The molecule has 0 unspecified atom stereocenters. The molecule has 0 saturated heterocycles. The predicted octanol–water partition coefficient (Wildman–Crippen LogP) is 1.23. The minimum atomic E-state index is -3.81. The number of carboxylic acid groups (broad SMARTS) is 1. The van der Waals surface area contributed by atoms with E-state index >= 15 is 0 Å². The van der Waals surface area contributed by atoms with E-state index in [9.17, 15) is 18.3 Å². The third kappa shape index (κ3) is 9.49. The molecule has 0 bridgehead atoms. The lowest BCUT2D eigenvalue weighted by atomic mass is 10.1. The zero-order valence-corrected chi connectivity index (χ0v) is 17.9. The number of carboxylic acids is 1. The summed E-state index contributed by atoms with van der Waals surface area (Å²) in [5.74, 6) is -0.813. The summed E-state index contributed by atoms with van der Waals surface area (Å²) in [5.41, 5.74) is 11.8. The number of ether oxygens (including phenoxy) is 1. The smallest absolute Gasteiger partial charge is 0.322 e. The minimum Gasteiger partial charge on any atom is -0.494 e. The number of rotatable bonds is 13. The lowest BCUT2D eigenvalue weighted by molar-refractivity contribution is -0.138. The molecule has 2 rings (SSSR count). The summed E-state index contributed by atoms with van der Waals surface area (Å²) in [4.78, 5) is 15.5. The summed E-state index contributed by atoms with van der Waals surface area (Å²) in [7, 11) is -3.81. The minimum absolute atomic E-state index is 0.0160. The first kappa shape index (κ1) is 24.2. The van der Waals surface area contributed by atoms with Crippen LogP contribution in [0.25, 0.3) is 0 Å². The van der Waals surface area contributed by atoms with Crippen molar-refractivity contribution in [3.63, 3.8) is 0 Å². The molecule has 0 aliphatic rings. The van der Waals surface area contributed by atoms with Crippen molar-refractivity contribution >= 4 is 22.0 Å². The Labute approximate surface area is 182 Å². The average molecular weight is 449 g/mol. The van der Waals surface area contributed by atoms with Crippen LogP contribution in [0.3, 0.4) is 0 Å². The van der Waals surface area contributed by atoms with Gasteiger partial charge < -0.3 is 21.3 Å². The molecule has 0 fully saturated rings. The molecule has 10 heteroatoms. The van der Waals surface area contributed by atoms with Crippen LogP contribution in [0.2, 0.25) is 0 Å². The Morgan fingerprint density at radius 2 is 1.71 bits per heavy atom. The number of hydrogen-bond acceptors (Lipinski definition) is 5. The van der Waals surface area contributed by atoms with Crippen molar-refractivity contribution in [3.8, 4) is 5.75 Å². The molecule has 0 aliphatic heterocycles. The van der Waals surface area contributed by atoms with Gasteiger partial charge in [-0.1, -0.05) is 42.5 Å². The first-order chi connectivity index (χ1) is 14.7. The summed E-state index contributed by atoms with van der Waals surface area (Å²) >= 11 is 0. The molecule has 9 nitrogen and oxygen atoms in total. The second-order valence-electron chi connectivity index (χ2n) is 6.96. The van der Waals surface area contributed by atoms with Crippen LogP contribution in [0, 0.1) is 0 Å². The highest BCUT2D eigenvalue weighted by atomic mass is 32.2. The Kier molecular flexibility index (Phi) is 9.29. The van der Waals surface area contributed by atoms with Crippen LogP contribution < -0.4 is 20.9 Å². The number of benzene rings is 2. The number of nitrogens with two attached hydrogens (primary N) is 2. The third-order valence-corrected chi connectivity index (χ3v) is 5.66. The molecule has 0 heterocycles. The number of sulfonamides is 1. The summed E-state index contributed by atoms with van der Waals surface area (Å²) in [5, 5.41) is 9.46. The molecule has 0 spiro atoms. The van der Waals surface area contributed by atoms with Crippen LogP contribution in [-0.4, -0.2) is 44.6 Å². The molecule has 31 heavy (non-hydrogen) atoms.